The van der Waals surface area contributed by atoms with Crippen molar-refractivity contribution < 1.29 is 9.53 Å². The van der Waals surface area contributed by atoms with Crippen molar-refractivity contribution in [2.24, 2.45) is 0 Å². The number of esters is 1. The van der Waals surface area contributed by atoms with Gasteiger partial charge in [0.2, 0.25) is 0 Å². The Hall–Kier alpha value is -3.52. The molecule has 0 bridgehead atoms. The van der Waals surface area contributed by atoms with Crippen LogP contribution in [-0.2, 0) is 16.0 Å². The molecule has 0 spiro atoms. The number of nitrogens with zero attached hydrogens (tertiary/aromatic N) is 4. The zero-order valence-corrected chi connectivity index (χ0v) is 18.4. The van der Waals surface area contributed by atoms with E-state index in [2.05, 4.69) is 51.4 Å². The Morgan fingerprint density at radius 3 is 2.71 bits per heavy atom. The Morgan fingerprint density at radius 2 is 1.94 bits per heavy atom. The molecule has 0 aliphatic carbocycles. The average molecular weight is 434 g/mol. The topological polar surface area (TPSA) is 80.2 Å². The van der Waals surface area contributed by atoms with Gasteiger partial charge in [-0.3, -0.25) is 4.79 Å². The summed E-state index contributed by atoms with van der Waals surface area (Å²) in [4.78, 5) is 28.0. The number of methoxy groups -OCH3 is 1. The summed E-state index contributed by atoms with van der Waals surface area (Å²) in [6, 6.07) is 16.1. The van der Waals surface area contributed by atoms with Crippen LogP contribution in [0.2, 0.25) is 0 Å². The largest absolute Gasteiger partial charge is 0.469 e. The molecular formula is C23H23N5O2S. The number of nitrogens with one attached hydrogen (secondary N) is 1. The summed E-state index contributed by atoms with van der Waals surface area (Å²) < 4.78 is 4.70. The molecule has 1 aromatic carbocycles. The van der Waals surface area contributed by atoms with Crippen LogP contribution in [0.3, 0.4) is 0 Å². The number of ether oxygens (including phenoxy) is 1. The lowest BCUT2D eigenvalue weighted by molar-refractivity contribution is -0.140. The number of benzene rings is 1. The first-order valence-electron chi connectivity index (χ1n) is 9.88. The number of rotatable bonds is 7. The molecule has 7 nitrogen and oxygen atoms in total. The van der Waals surface area contributed by atoms with E-state index in [0.29, 0.717) is 18.7 Å². The monoisotopic (exact) mass is 433 g/mol. The number of carbonyl (C=O) groups is 1. The van der Waals surface area contributed by atoms with E-state index in [-0.39, 0.29) is 5.97 Å². The minimum absolute atomic E-state index is 0.227. The number of hydrogen-bond acceptors (Lipinski definition) is 8. The Balaban J connectivity index is 1.51. The molecule has 158 valence electrons. The number of carbonyl (C=O) groups excluding carboxylic acids is 1. The molecule has 8 heteroatoms. The zero-order valence-electron chi connectivity index (χ0n) is 17.6. The molecule has 0 atom stereocenters. The fourth-order valence-corrected chi connectivity index (χ4v) is 3.94. The molecule has 4 rings (SSSR count). The minimum atomic E-state index is -0.227. The predicted molar refractivity (Wildman–Crippen MR) is 125 cm³/mol. The smallest absolute Gasteiger partial charge is 0.305 e. The second kappa shape index (κ2) is 9.09. The third-order valence-corrected chi connectivity index (χ3v) is 5.79. The first-order valence-corrected chi connectivity index (χ1v) is 10.7. The van der Waals surface area contributed by atoms with Gasteiger partial charge < -0.3 is 15.0 Å². The lowest BCUT2D eigenvalue weighted by atomic mass is 10.1. The standard InChI is InChI=1S/C23H23N5O2S/c1-15-4-7-17(8-5-15)28(2)20-10-9-18-22(27-20)31-23(25-18)26-19-14-16(12-13-24-19)6-11-21(29)30-3/h4-5,7-10,12-14H,6,11H2,1-3H3,(H,24,25,26). The molecule has 0 saturated heterocycles. The van der Waals surface area contributed by atoms with Crippen molar-refractivity contribution in [3.8, 4) is 0 Å². The molecule has 0 radical (unpaired) electrons. The van der Waals surface area contributed by atoms with Crippen LogP contribution in [0, 0.1) is 6.92 Å². The second-order valence-electron chi connectivity index (χ2n) is 7.16. The van der Waals surface area contributed by atoms with E-state index in [4.69, 9.17) is 9.72 Å². The fraction of sp³-hybridized carbons (Fsp3) is 0.217. The van der Waals surface area contributed by atoms with Gasteiger partial charge in [-0.05, 0) is 55.3 Å². The number of thiazole rings is 1. The lowest BCUT2D eigenvalue weighted by Crippen LogP contribution is -2.10. The quantitative estimate of drug-likeness (QED) is 0.410. The van der Waals surface area contributed by atoms with Gasteiger partial charge in [0, 0.05) is 25.4 Å². The maximum absolute atomic E-state index is 11.4. The highest BCUT2D eigenvalue weighted by atomic mass is 32.1. The van der Waals surface area contributed by atoms with Gasteiger partial charge in [0.25, 0.3) is 0 Å². The van der Waals surface area contributed by atoms with Crippen LogP contribution >= 0.6 is 11.3 Å². The van der Waals surface area contributed by atoms with Gasteiger partial charge in [-0.2, -0.15) is 0 Å². The van der Waals surface area contributed by atoms with Crippen molar-refractivity contribution >= 4 is 50.1 Å². The molecule has 31 heavy (non-hydrogen) atoms. The summed E-state index contributed by atoms with van der Waals surface area (Å²) in [5.74, 6) is 1.31. The van der Waals surface area contributed by atoms with Gasteiger partial charge in [-0.1, -0.05) is 29.0 Å². The van der Waals surface area contributed by atoms with Crippen LogP contribution in [0.25, 0.3) is 10.3 Å². The Morgan fingerprint density at radius 1 is 1.13 bits per heavy atom. The van der Waals surface area contributed by atoms with E-state index in [0.717, 1.165) is 32.5 Å². The van der Waals surface area contributed by atoms with E-state index < -0.39 is 0 Å². The van der Waals surface area contributed by atoms with Crippen molar-refractivity contribution in [1.82, 2.24) is 15.0 Å². The third-order valence-electron chi connectivity index (χ3n) is 4.91. The third kappa shape index (κ3) is 4.97. The van der Waals surface area contributed by atoms with E-state index in [1.807, 2.05) is 31.3 Å². The summed E-state index contributed by atoms with van der Waals surface area (Å²) in [6.07, 6.45) is 2.65. The van der Waals surface area contributed by atoms with Gasteiger partial charge in [-0.25, -0.2) is 15.0 Å². The Bertz CT molecular complexity index is 1210. The SMILES string of the molecule is COC(=O)CCc1ccnc(Nc2nc3ccc(N(C)c4ccc(C)cc4)nc3s2)c1. The van der Waals surface area contributed by atoms with Crippen molar-refractivity contribution in [2.45, 2.75) is 19.8 Å². The van der Waals surface area contributed by atoms with Gasteiger partial charge >= 0.3 is 5.97 Å². The predicted octanol–water partition coefficient (Wildman–Crippen LogP) is 5.01. The fourth-order valence-electron chi connectivity index (χ4n) is 3.10. The van der Waals surface area contributed by atoms with Crippen LogP contribution < -0.4 is 10.2 Å². The number of fused-ring (bicyclic) bond motifs is 1. The maximum atomic E-state index is 11.4. The molecule has 0 saturated carbocycles. The zero-order chi connectivity index (χ0) is 21.8. The highest BCUT2D eigenvalue weighted by molar-refractivity contribution is 7.21. The van der Waals surface area contributed by atoms with Crippen molar-refractivity contribution in [2.75, 3.05) is 24.4 Å². The number of aromatic nitrogens is 3. The second-order valence-corrected chi connectivity index (χ2v) is 8.14. The number of anilines is 4. The van der Waals surface area contributed by atoms with Crippen molar-refractivity contribution in [3.63, 3.8) is 0 Å². The van der Waals surface area contributed by atoms with Crippen LogP contribution in [0.5, 0.6) is 0 Å². The van der Waals surface area contributed by atoms with Crippen molar-refractivity contribution in [1.29, 1.82) is 0 Å². The van der Waals surface area contributed by atoms with Gasteiger partial charge in [0.05, 0.1) is 7.11 Å². The number of hydrogen-bond donors (Lipinski definition) is 1. The number of aryl methyl sites for hydroxylation is 2. The molecule has 3 aromatic heterocycles. The number of pyridine rings is 2. The van der Waals surface area contributed by atoms with E-state index in [1.165, 1.54) is 24.0 Å². The molecule has 3 heterocycles. The molecule has 4 aromatic rings. The maximum Gasteiger partial charge on any atom is 0.305 e. The molecule has 1 N–H and O–H groups in total. The Labute approximate surface area is 184 Å². The normalized spacial score (nSPS) is 10.8. The van der Waals surface area contributed by atoms with Crippen molar-refractivity contribution in [3.05, 3.63) is 65.9 Å². The van der Waals surface area contributed by atoms with Gasteiger partial charge in [0.15, 0.2) is 5.13 Å². The van der Waals surface area contributed by atoms with E-state index in [9.17, 15) is 4.79 Å². The molecule has 0 aliphatic rings. The van der Waals surface area contributed by atoms with Gasteiger partial charge in [-0.15, -0.1) is 0 Å². The molecule has 0 unspecified atom stereocenters. The van der Waals surface area contributed by atoms with E-state index >= 15 is 0 Å². The minimum Gasteiger partial charge on any atom is -0.469 e. The van der Waals surface area contributed by atoms with Gasteiger partial charge in [0.1, 0.15) is 22.0 Å². The van der Waals surface area contributed by atoms with Crippen LogP contribution in [0.15, 0.2) is 54.7 Å². The summed E-state index contributed by atoms with van der Waals surface area (Å²) in [5, 5.41) is 3.97. The van der Waals surface area contributed by atoms with Crippen LogP contribution in [-0.4, -0.2) is 35.1 Å². The summed E-state index contributed by atoms with van der Waals surface area (Å²) in [5.41, 5.74) is 4.13. The lowest BCUT2D eigenvalue weighted by Gasteiger charge is -2.18. The summed E-state index contributed by atoms with van der Waals surface area (Å²) in [7, 11) is 3.40. The Kier molecular flexibility index (Phi) is 6.08. The first-order chi connectivity index (χ1) is 15.0. The molecule has 0 aliphatic heterocycles. The highest BCUT2D eigenvalue weighted by Crippen LogP contribution is 2.30. The van der Waals surface area contributed by atoms with Crippen LogP contribution in [0.1, 0.15) is 17.5 Å². The average Bonchev–Trinajstić information content (AvgIpc) is 3.19. The highest BCUT2D eigenvalue weighted by Gasteiger charge is 2.11. The summed E-state index contributed by atoms with van der Waals surface area (Å²) in [6.45, 7) is 2.07. The molecular weight excluding hydrogens is 410 g/mol. The molecule has 0 amide bonds. The first kappa shape index (κ1) is 20.7. The molecule has 0 fully saturated rings. The van der Waals surface area contributed by atoms with Crippen LogP contribution in [0.4, 0.5) is 22.5 Å². The van der Waals surface area contributed by atoms with E-state index in [1.54, 1.807) is 6.20 Å². The summed E-state index contributed by atoms with van der Waals surface area (Å²) >= 11 is 1.47.